The van der Waals surface area contributed by atoms with Crippen molar-refractivity contribution < 1.29 is 4.74 Å². The van der Waals surface area contributed by atoms with Gasteiger partial charge in [-0.2, -0.15) is 10.1 Å². The van der Waals surface area contributed by atoms with E-state index in [-0.39, 0.29) is 0 Å². The molecule has 1 atom stereocenters. The smallest absolute Gasteiger partial charge is 0.221 e. The highest BCUT2D eigenvalue weighted by Gasteiger charge is 2.20. The monoisotopic (exact) mass is 168 g/mol. The molecule has 66 valence electrons. The van der Waals surface area contributed by atoms with E-state index in [1.54, 1.807) is 0 Å². The average molecular weight is 168 g/mol. The van der Waals surface area contributed by atoms with Crippen LogP contribution in [-0.4, -0.2) is 41.0 Å². The van der Waals surface area contributed by atoms with Gasteiger partial charge in [-0.15, -0.1) is 0 Å². The highest BCUT2D eigenvalue weighted by Crippen LogP contribution is 2.12. The van der Waals surface area contributed by atoms with E-state index in [2.05, 4.69) is 27.0 Å². The number of aromatic amines is 1. The maximum absolute atomic E-state index is 5.31. The van der Waals surface area contributed by atoms with Gasteiger partial charge in [-0.1, -0.05) is 0 Å². The number of anilines is 1. The second-order valence-electron chi connectivity index (χ2n) is 2.93. The predicted octanol–water partition coefficient (Wildman–Crippen LogP) is 0.0298. The third-order valence-electron chi connectivity index (χ3n) is 2.04. The number of aromatic nitrogens is 3. The van der Waals surface area contributed by atoms with Gasteiger partial charge in [-0.05, 0) is 6.92 Å². The Bertz CT molecular complexity index is 236. The van der Waals surface area contributed by atoms with Gasteiger partial charge in [-0.3, -0.25) is 0 Å². The predicted molar refractivity (Wildman–Crippen MR) is 44.0 cm³/mol. The molecule has 0 radical (unpaired) electrons. The van der Waals surface area contributed by atoms with E-state index in [9.17, 15) is 0 Å². The summed E-state index contributed by atoms with van der Waals surface area (Å²) >= 11 is 0. The number of hydrogen-bond acceptors (Lipinski definition) is 4. The van der Waals surface area contributed by atoms with Crippen LogP contribution in [0.3, 0.4) is 0 Å². The van der Waals surface area contributed by atoms with Crippen molar-refractivity contribution in [3.63, 3.8) is 0 Å². The summed E-state index contributed by atoms with van der Waals surface area (Å²) in [5, 5.41) is 6.66. The largest absolute Gasteiger partial charge is 0.377 e. The molecule has 1 N–H and O–H groups in total. The SMILES string of the molecule is CC1COCCN1c1ncn[nH]1. The minimum atomic E-state index is 0.381. The normalized spacial score (nSPS) is 24.4. The first-order valence-electron chi connectivity index (χ1n) is 4.07. The number of hydrogen-bond donors (Lipinski definition) is 1. The van der Waals surface area contributed by atoms with Crippen molar-refractivity contribution in [3.05, 3.63) is 6.33 Å². The first kappa shape index (κ1) is 7.54. The molecule has 0 spiro atoms. The molecule has 1 unspecified atom stereocenters. The lowest BCUT2D eigenvalue weighted by Gasteiger charge is -2.32. The molecule has 5 heteroatoms. The van der Waals surface area contributed by atoms with Gasteiger partial charge in [0.1, 0.15) is 6.33 Å². The zero-order valence-electron chi connectivity index (χ0n) is 7.03. The minimum absolute atomic E-state index is 0.381. The molecule has 0 aliphatic carbocycles. The van der Waals surface area contributed by atoms with Crippen LogP contribution in [0.4, 0.5) is 5.95 Å². The molecule has 12 heavy (non-hydrogen) atoms. The first-order valence-corrected chi connectivity index (χ1v) is 4.07. The van der Waals surface area contributed by atoms with Crippen LogP contribution in [0.1, 0.15) is 6.92 Å². The molecule has 2 rings (SSSR count). The molecule has 1 aromatic rings. The lowest BCUT2D eigenvalue weighted by Crippen LogP contribution is -2.44. The molecule has 1 aromatic heterocycles. The molecule has 1 fully saturated rings. The minimum Gasteiger partial charge on any atom is -0.377 e. The molecule has 0 aromatic carbocycles. The Morgan fingerprint density at radius 1 is 1.75 bits per heavy atom. The molecule has 2 heterocycles. The van der Waals surface area contributed by atoms with Crippen molar-refractivity contribution in [1.29, 1.82) is 0 Å². The molecule has 1 saturated heterocycles. The molecular weight excluding hydrogens is 156 g/mol. The van der Waals surface area contributed by atoms with Crippen LogP contribution >= 0.6 is 0 Å². The van der Waals surface area contributed by atoms with Gasteiger partial charge in [0, 0.05) is 6.54 Å². The highest BCUT2D eigenvalue weighted by molar-refractivity contribution is 5.29. The number of rotatable bonds is 1. The fourth-order valence-electron chi connectivity index (χ4n) is 1.38. The van der Waals surface area contributed by atoms with Crippen LogP contribution in [0, 0.1) is 0 Å². The van der Waals surface area contributed by atoms with E-state index in [0.29, 0.717) is 6.04 Å². The molecule has 0 amide bonds. The lowest BCUT2D eigenvalue weighted by atomic mass is 10.3. The van der Waals surface area contributed by atoms with Crippen molar-refractivity contribution in [3.8, 4) is 0 Å². The second-order valence-corrected chi connectivity index (χ2v) is 2.93. The van der Waals surface area contributed by atoms with E-state index in [4.69, 9.17) is 4.74 Å². The summed E-state index contributed by atoms with van der Waals surface area (Å²) in [6, 6.07) is 0.381. The van der Waals surface area contributed by atoms with Crippen molar-refractivity contribution >= 4 is 5.95 Å². The summed E-state index contributed by atoms with van der Waals surface area (Å²) in [6.45, 7) is 4.53. The summed E-state index contributed by atoms with van der Waals surface area (Å²) in [5.74, 6) is 0.839. The standard InChI is InChI=1S/C7H12N4O/c1-6-4-12-3-2-11(6)7-8-5-9-10-7/h5-6H,2-4H2,1H3,(H,8,9,10). The van der Waals surface area contributed by atoms with Gasteiger partial charge < -0.3 is 9.64 Å². The number of nitrogens with zero attached hydrogens (tertiary/aromatic N) is 3. The van der Waals surface area contributed by atoms with Gasteiger partial charge >= 0.3 is 0 Å². The van der Waals surface area contributed by atoms with Crippen LogP contribution in [0.2, 0.25) is 0 Å². The maximum Gasteiger partial charge on any atom is 0.221 e. The molecular formula is C7H12N4O. The zero-order valence-corrected chi connectivity index (χ0v) is 7.03. The molecule has 1 aliphatic heterocycles. The van der Waals surface area contributed by atoms with Gasteiger partial charge in [-0.25, -0.2) is 5.10 Å². The Balaban J connectivity index is 2.11. The van der Waals surface area contributed by atoms with Crippen molar-refractivity contribution in [2.45, 2.75) is 13.0 Å². The van der Waals surface area contributed by atoms with Crippen molar-refractivity contribution in [2.75, 3.05) is 24.7 Å². The van der Waals surface area contributed by atoms with Crippen LogP contribution in [-0.2, 0) is 4.74 Å². The molecule has 5 nitrogen and oxygen atoms in total. The van der Waals surface area contributed by atoms with Gasteiger partial charge in [0.2, 0.25) is 5.95 Å². The Morgan fingerprint density at radius 2 is 2.67 bits per heavy atom. The maximum atomic E-state index is 5.31. The lowest BCUT2D eigenvalue weighted by molar-refractivity contribution is 0.0981. The fourth-order valence-corrected chi connectivity index (χ4v) is 1.38. The Morgan fingerprint density at radius 3 is 3.33 bits per heavy atom. The number of ether oxygens (including phenoxy) is 1. The molecule has 1 aliphatic rings. The van der Waals surface area contributed by atoms with E-state index in [1.807, 2.05) is 0 Å². The Hall–Kier alpha value is -1.10. The van der Waals surface area contributed by atoms with Gasteiger partial charge in [0.25, 0.3) is 0 Å². The quantitative estimate of drug-likeness (QED) is 0.642. The van der Waals surface area contributed by atoms with Crippen LogP contribution < -0.4 is 4.90 Å². The number of H-pyrrole nitrogens is 1. The summed E-state index contributed by atoms with van der Waals surface area (Å²) < 4.78 is 5.31. The number of nitrogens with one attached hydrogen (secondary N) is 1. The van der Waals surface area contributed by atoms with Gasteiger partial charge in [0.15, 0.2) is 0 Å². The van der Waals surface area contributed by atoms with Crippen LogP contribution in [0.15, 0.2) is 6.33 Å². The second kappa shape index (κ2) is 3.10. The van der Waals surface area contributed by atoms with E-state index >= 15 is 0 Å². The Labute approximate surface area is 70.7 Å². The first-order chi connectivity index (χ1) is 5.88. The highest BCUT2D eigenvalue weighted by atomic mass is 16.5. The summed E-state index contributed by atoms with van der Waals surface area (Å²) in [6.07, 6.45) is 1.53. The zero-order chi connectivity index (χ0) is 8.39. The van der Waals surface area contributed by atoms with Crippen LogP contribution in [0.5, 0.6) is 0 Å². The Kier molecular flexibility index (Phi) is 1.95. The fraction of sp³-hybridized carbons (Fsp3) is 0.714. The van der Waals surface area contributed by atoms with Crippen molar-refractivity contribution in [2.24, 2.45) is 0 Å². The topological polar surface area (TPSA) is 54.0 Å². The summed E-state index contributed by atoms with van der Waals surface area (Å²) in [4.78, 5) is 6.26. The third-order valence-corrected chi connectivity index (χ3v) is 2.04. The van der Waals surface area contributed by atoms with E-state index in [0.717, 1.165) is 25.7 Å². The molecule has 0 bridgehead atoms. The summed E-state index contributed by atoms with van der Waals surface area (Å²) in [7, 11) is 0. The van der Waals surface area contributed by atoms with E-state index < -0.39 is 0 Å². The van der Waals surface area contributed by atoms with Gasteiger partial charge in [0.05, 0.1) is 19.3 Å². The third kappa shape index (κ3) is 1.27. The van der Waals surface area contributed by atoms with Crippen LogP contribution in [0.25, 0.3) is 0 Å². The average Bonchev–Trinajstić information content (AvgIpc) is 2.57. The summed E-state index contributed by atoms with van der Waals surface area (Å²) in [5.41, 5.74) is 0. The van der Waals surface area contributed by atoms with E-state index in [1.165, 1.54) is 6.33 Å². The van der Waals surface area contributed by atoms with Crippen molar-refractivity contribution in [1.82, 2.24) is 15.2 Å². The molecule has 0 saturated carbocycles. The number of morpholine rings is 1.